The molecule has 0 unspecified atom stereocenters. The van der Waals surface area contributed by atoms with Gasteiger partial charge in [-0.3, -0.25) is 0 Å². The highest BCUT2D eigenvalue weighted by molar-refractivity contribution is 5.52. The Kier molecular flexibility index (Phi) is 4.99. The van der Waals surface area contributed by atoms with E-state index in [9.17, 15) is 4.79 Å². The van der Waals surface area contributed by atoms with E-state index in [-0.39, 0.29) is 0 Å². The first-order chi connectivity index (χ1) is 10.2. The van der Waals surface area contributed by atoms with Crippen LogP contribution in [0.15, 0.2) is 17.1 Å². The molecule has 0 radical (unpaired) electrons. The number of rotatable bonds is 6. The Labute approximate surface area is 124 Å². The van der Waals surface area contributed by atoms with Gasteiger partial charge in [-0.2, -0.15) is 4.99 Å². The fourth-order valence-electron chi connectivity index (χ4n) is 3.19. The number of methoxy groups -OCH3 is 3. The molecule has 0 N–H and O–H groups in total. The van der Waals surface area contributed by atoms with Crippen LogP contribution in [0.4, 0.5) is 0 Å². The molecule has 1 aliphatic rings. The Morgan fingerprint density at radius 2 is 1.90 bits per heavy atom. The van der Waals surface area contributed by atoms with Gasteiger partial charge in [0.15, 0.2) is 0 Å². The summed E-state index contributed by atoms with van der Waals surface area (Å²) in [4.78, 5) is 15.1. The van der Waals surface area contributed by atoms with E-state index in [0.29, 0.717) is 18.1 Å². The second kappa shape index (κ2) is 6.74. The van der Waals surface area contributed by atoms with Gasteiger partial charge in [0.1, 0.15) is 17.0 Å². The van der Waals surface area contributed by atoms with Crippen LogP contribution < -0.4 is 9.47 Å². The predicted molar refractivity (Wildman–Crippen MR) is 78.5 cm³/mol. The zero-order valence-corrected chi connectivity index (χ0v) is 12.8. The summed E-state index contributed by atoms with van der Waals surface area (Å²) in [7, 11) is 4.86. The normalized spacial score (nSPS) is 16.3. The van der Waals surface area contributed by atoms with Crippen molar-refractivity contribution in [3.63, 3.8) is 0 Å². The fourth-order valence-corrected chi connectivity index (χ4v) is 3.19. The van der Waals surface area contributed by atoms with Crippen molar-refractivity contribution >= 4 is 6.08 Å². The van der Waals surface area contributed by atoms with Crippen LogP contribution in [0.1, 0.15) is 36.8 Å². The van der Waals surface area contributed by atoms with Crippen LogP contribution in [0.3, 0.4) is 0 Å². The maximum absolute atomic E-state index is 10.9. The van der Waals surface area contributed by atoms with Crippen LogP contribution >= 0.6 is 0 Å². The predicted octanol–water partition coefficient (Wildman–Crippen LogP) is 2.96. The smallest absolute Gasteiger partial charge is 0.235 e. The lowest BCUT2D eigenvalue weighted by molar-refractivity contribution is 0.181. The van der Waals surface area contributed by atoms with Crippen molar-refractivity contribution in [3.8, 4) is 11.5 Å². The van der Waals surface area contributed by atoms with Gasteiger partial charge in [0.25, 0.3) is 0 Å². The van der Waals surface area contributed by atoms with Crippen LogP contribution in [0, 0.1) is 0 Å². The van der Waals surface area contributed by atoms with Gasteiger partial charge >= 0.3 is 0 Å². The van der Waals surface area contributed by atoms with E-state index in [0.717, 1.165) is 36.8 Å². The Morgan fingerprint density at radius 1 is 1.19 bits per heavy atom. The largest absolute Gasteiger partial charge is 0.497 e. The minimum Gasteiger partial charge on any atom is -0.497 e. The van der Waals surface area contributed by atoms with Gasteiger partial charge in [-0.15, -0.1) is 0 Å². The minimum absolute atomic E-state index is 0.416. The molecule has 0 aliphatic heterocycles. The number of aliphatic imine (C=N–C) groups is 1. The summed E-state index contributed by atoms with van der Waals surface area (Å²) < 4.78 is 16.1. The number of hydrogen-bond donors (Lipinski definition) is 0. The molecule has 1 aromatic carbocycles. The molecule has 1 aromatic rings. The van der Waals surface area contributed by atoms with E-state index in [1.54, 1.807) is 27.4 Å². The summed E-state index contributed by atoms with van der Waals surface area (Å²) in [6.07, 6.45) is 5.46. The molecular formula is C16H21NO4. The topological polar surface area (TPSA) is 57.1 Å². The average molecular weight is 291 g/mol. The Morgan fingerprint density at radius 3 is 2.43 bits per heavy atom. The molecule has 0 atom stereocenters. The number of carbonyl (C=O) groups excluding carboxylic acids is 1. The molecular weight excluding hydrogens is 270 g/mol. The zero-order chi connectivity index (χ0) is 15.3. The molecule has 5 heteroatoms. The molecule has 0 heterocycles. The van der Waals surface area contributed by atoms with E-state index in [1.165, 1.54) is 0 Å². The van der Waals surface area contributed by atoms with Gasteiger partial charge < -0.3 is 14.2 Å². The van der Waals surface area contributed by atoms with Crippen molar-refractivity contribution in [2.75, 3.05) is 21.3 Å². The maximum Gasteiger partial charge on any atom is 0.235 e. The zero-order valence-electron chi connectivity index (χ0n) is 12.8. The number of ether oxygens (including phenoxy) is 3. The standard InChI is InChI=1S/C16H21NO4/c1-19-10-12-8-13(20-2)9-14(21-3)15(12)16(17-11-18)6-4-5-7-16/h8-9H,4-7,10H2,1-3H3. The molecule has 21 heavy (non-hydrogen) atoms. The second-order valence-electron chi connectivity index (χ2n) is 5.24. The van der Waals surface area contributed by atoms with E-state index < -0.39 is 5.54 Å². The molecule has 0 bridgehead atoms. The third-order valence-corrected chi connectivity index (χ3v) is 4.07. The molecule has 0 spiro atoms. The summed E-state index contributed by atoms with van der Waals surface area (Å²) in [6, 6.07) is 3.75. The van der Waals surface area contributed by atoms with Crippen LogP contribution in [0.5, 0.6) is 11.5 Å². The van der Waals surface area contributed by atoms with E-state index in [4.69, 9.17) is 14.2 Å². The van der Waals surface area contributed by atoms with E-state index >= 15 is 0 Å². The quantitative estimate of drug-likeness (QED) is 0.597. The first-order valence-electron chi connectivity index (χ1n) is 7.04. The first-order valence-corrected chi connectivity index (χ1v) is 7.04. The lowest BCUT2D eigenvalue weighted by atomic mass is 9.84. The number of benzene rings is 1. The Bertz CT molecular complexity index is 543. The van der Waals surface area contributed by atoms with Gasteiger partial charge in [-0.25, -0.2) is 4.79 Å². The van der Waals surface area contributed by atoms with Crippen LogP contribution in [-0.4, -0.2) is 27.4 Å². The van der Waals surface area contributed by atoms with Gasteiger partial charge in [0.05, 0.1) is 20.8 Å². The van der Waals surface area contributed by atoms with Gasteiger partial charge in [0, 0.05) is 18.7 Å². The van der Waals surface area contributed by atoms with Crippen molar-refractivity contribution in [2.45, 2.75) is 37.8 Å². The van der Waals surface area contributed by atoms with Gasteiger partial charge in [0.2, 0.25) is 6.08 Å². The summed E-state index contributed by atoms with van der Waals surface area (Å²) in [5, 5.41) is 0. The van der Waals surface area contributed by atoms with Crippen LogP contribution in [-0.2, 0) is 21.7 Å². The molecule has 1 aliphatic carbocycles. The second-order valence-corrected chi connectivity index (χ2v) is 5.24. The Balaban J connectivity index is 2.66. The fraction of sp³-hybridized carbons (Fsp3) is 0.562. The monoisotopic (exact) mass is 291 g/mol. The average Bonchev–Trinajstić information content (AvgIpc) is 2.96. The lowest BCUT2D eigenvalue weighted by Gasteiger charge is -2.28. The SMILES string of the molecule is COCc1cc(OC)cc(OC)c1C1(N=C=O)CCCC1. The van der Waals surface area contributed by atoms with Crippen LogP contribution in [0.25, 0.3) is 0 Å². The highest BCUT2D eigenvalue weighted by Crippen LogP contribution is 2.48. The molecule has 2 rings (SSSR count). The van der Waals surface area contributed by atoms with Crippen LogP contribution in [0.2, 0.25) is 0 Å². The van der Waals surface area contributed by atoms with E-state index in [2.05, 4.69) is 4.99 Å². The summed E-state index contributed by atoms with van der Waals surface area (Å²) >= 11 is 0. The van der Waals surface area contributed by atoms with Crippen molar-refractivity contribution in [2.24, 2.45) is 4.99 Å². The number of nitrogens with zero attached hydrogens (tertiary/aromatic N) is 1. The molecule has 114 valence electrons. The summed E-state index contributed by atoms with van der Waals surface area (Å²) in [6.45, 7) is 0.416. The first kappa shape index (κ1) is 15.5. The molecule has 5 nitrogen and oxygen atoms in total. The molecule has 0 saturated heterocycles. The molecule has 0 aromatic heterocycles. The van der Waals surface area contributed by atoms with Crippen molar-refractivity contribution < 1.29 is 19.0 Å². The summed E-state index contributed by atoms with van der Waals surface area (Å²) in [5.41, 5.74) is 1.32. The molecule has 1 fully saturated rings. The Hall–Kier alpha value is -1.84. The summed E-state index contributed by atoms with van der Waals surface area (Å²) in [5.74, 6) is 1.38. The number of hydrogen-bond acceptors (Lipinski definition) is 5. The van der Waals surface area contributed by atoms with E-state index in [1.807, 2.05) is 12.1 Å². The highest BCUT2D eigenvalue weighted by atomic mass is 16.5. The van der Waals surface area contributed by atoms with Gasteiger partial charge in [-0.05, 0) is 24.5 Å². The third kappa shape index (κ3) is 2.94. The highest BCUT2D eigenvalue weighted by Gasteiger charge is 2.40. The van der Waals surface area contributed by atoms with Crippen molar-refractivity contribution in [3.05, 3.63) is 23.3 Å². The number of isocyanates is 1. The maximum atomic E-state index is 10.9. The third-order valence-electron chi connectivity index (χ3n) is 4.07. The lowest BCUT2D eigenvalue weighted by Crippen LogP contribution is -2.22. The van der Waals surface area contributed by atoms with Crippen molar-refractivity contribution in [1.82, 2.24) is 0 Å². The molecule has 1 saturated carbocycles. The molecule has 0 amide bonds. The van der Waals surface area contributed by atoms with Gasteiger partial charge in [-0.1, -0.05) is 12.8 Å². The van der Waals surface area contributed by atoms with Crippen molar-refractivity contribution in [1.29, 1.82) is 0 Å². The minimum atomic E-state index is -0.548.